The van der Waals surface area contributed by atoms with Crippen molar-refractivity contribution in [1.29, 1.82) is 0 Å². The first kappa shape index (κ1) is 13.6. The Bertz CT molecular complexity index is 463. The third-order valence-electron chi connectivity index (χ3n) is 1.81. The van der Waals surface area contributed by atoms with Gasteiger partial charge in [0, 0.05) is 9.79 Å². The molecule has 2 rings (SSSR count). The molecule has 3 N–H and O–H groups in total. The molecule has 0 spiro atoms. The molecule has 0 amide bonds. The van der Waals surface area contributed by atoms with E-state index in [-0.39, 0.29) is 17.2 Å². The van der Waals surface area contributed by atoms with Crippen LogP contribution in [0.1, 0.15) is 0 Å². The van der Waals surface area contributed by atoms with Gasteiger partial charge in [-0.05, 0) is 42.5 Å². The summed E-state index contributed by atoms with van der Waals surface area (Å²) in [4.78, 5) is 1.25. The molecule has 2 aromatic carbocycles. The summed E-state index contributed by atoms with van der Waals surface area (Å²) in [5, 5.41) is 26.4. The lowest BCUT2D eigenvalue weighted by atomic mass is 10.3. The Balaban J connectivity index is 0.000000171. The van der Waals surface area contributed by atoms with Crippen LogP contribution in [0.4, 0.5) is 0 Å². The lowest BCUT2D eigenvalue weighted by Crippen LogP contribution is -1.67. The van der Waals surface area contributed by atoms with E-state index in [1.807, 2.05) is 0 Å². The van der Waals surface area contributed by atoms with Crippen molar-refractivity contribution >= 4 is 25.3 Å². The summed E-state index contributed by atoms with van der Waals surface area (Å²) in [5.41, 5.74) is 0. The number of phenolic OH excluding ortho intramolecular Hbond substituents is 3. The van der Waals surface area contributed by atoms with Crippen LogP contribution in [0.2, 0.25) is 0 Å². The van der Waals surface area contributed by atoms with Crippen molar-refractivity contribution in [2.75, 3.05) is 0 Å². The van der Waals surface area contributed by atoms with Crippen LogP contribution >= 0.6 is 25.3 Å². The van der Waals surface area contributed by atoms with E-state index in [2.05, 4.69) is 25.3 Å². The second-order valence-electron chi connectivity index (χ2n) is 3.19. The fourth-order valence-electron chi connectivity index (χ4n) is 0.964. The third-order valence-corrected chi connectivity index (χ3v) is 2.47. The van der Waals surface area contributed by atoms with Crippen LogP contribution in [0.25, 0.3) is 0 Å². The first-order chi connectivity index (χ1) is 7.99. The summed E-state index contributed by atoms with van der Waals surface area (Å²) >= 11 is 7.88. The molecular formula is C12H12O3S2. The lowest BCUT2D eigenvalue weighted by molar-refractivity contribution is 0.449. The molecular weight excluding hydrogens is 256 g/mol. The van der Waals surface area contributed by atoms with Crippen LogP contribution in [0, 0.1) is 0 Å². The quantitative estimate of drug-likeness (QED) is 0.377. The predicted molar refractivity (Wildman–Crippen MR) is 72.4 cm³/mol. The maximum Gasteiger partial charge on any atom is 0.129 e. The van der Waals surface area contributed by atoms with Gasteiger partial charge in [-0.15, -0.1) is 25.3 Å². The summed E-state index contributed by atoms with van der Waals surface area (Å²) in [6.07, 6.45) is 0. The standard InChI is InChI=1S/C6H6O2S.C6H6OS/c7-4-1-2-5(8)6(9)3-4;7-5-1-3-6(8)4-2-5/h1-3,7-9H;1-4,7-8H. The predicted octanol–water partition coefficient (Wildman–Crippen LogP) is 3.07. The zero-order valence-corrected chi connectivity index (χ0v) is 10.6. The van der Waals surface area contributed by atoms with Gasteiger partial charge in [0.25, 0.3) is 0 Å². The normalized spacial score (nSPS) is 9.29. The van der Waals surface area contributed by atoms with Crippen molar-refractivity contribution in [1.82, 2.24) is 0 Å². The van der Waals surface area contributed by atoms with E-state index >= 15 is 0 Å². The molecule has 90 valence electrons. The molecule has 0 aliphatic rings. The number of benzene rings is 2. The van der Waals surface area contributed by atoms with E-state index < -0.39 is 0 Å². The number of aromatic hydroxyl groups is 3. The van der Waals surface area contributed by atoms with Gasteiger partial charge < -0.3 is 15.3 Å². The minimum Gasteiger partial charge on any atom is -0.508 e. The smallest absolute Gasteiger partial charge is 0.129 e. The van der Waals surface area contributed by atoms with Crippen LogP contribution in [0.5, 0.6) is 17.2 Å². The molecule has 0 unspecified atom stereocenters. The molecule has 2 aromatic rings. The van der Waals surface area contributed by atoms with E-state index in [1.54, 1.807) is 24.3 Å². The molecule has 3 nitrogen and oxygen atoms in total. The van der Waals surface area contributed by atoms with Crippen LogP contribution in [-0.4, -0.2) is 15.3 Å². The van der Waals surface area contributed by atoms with E-state index in [4.69, 9.17) is 15.3 Å². The van der Waals surface area contributed by atoms with Crippen molar-refractivity contribution in [2.45, 2.75) is 9.79 Å². The molecule has 0 aliphatic heterocycles. The van der Waals surface area contributed by atoms with Crippen LogP contribution in [-0.2, 0) is 0 Å². The molecule has 0 aromatic heterocycles. The van der Waals surface area contributed by atoms with Gasteiger partial charge >= 0.3 is 0 Å². The average Bonchev–Trinajstić information content (AvgIpc) is 2.29. The van der Waals surface area contributed by atoms with Gasteiger partial charge in [-0.1, -0.05) is 0 Å². The fourth-order valence-corrected chi connectivity index (χ4v) is 1.32. The molecule has 0 saturated heterocycles. The largest absolute Gasteiger partial charge is 0.508 e. The molecule has 0 aliphatic carbocycles. The van der Waals surface area contributed by atoms with E-state index in [0.29, 0.717) is 4.90 Å². The van der Waals surface area contributed by atoms with Gasteiger partial charge in [0.2, 0.25) is 0 Å². The number of rotatable bonds is 0. The molecule has 0 saturated carbocycles. The van der Waals surface area contributed by atoms with Gasteiger partial charge in [-0.25, -0.2) is 0 Å². The van der Waals surface area contributed by atoms with Gasteiger partial charge in [-0.2, -0.15) is 0 Å². The Morgan fingerprint density at radius 2 is 1.24 bits per heavy atom. The Labute approximate surface area is 110 Å². The fraction of sp³-hybridized carbons (Fsp3) is 0. The highest BCUT2D eigenvalue weighted by molar-refractivity contribution is 7.80. The van der Waals surface area contributed by atoms with Crippen LogP contribution < -0.4 is 0 Å². The lowest BCUT2D eigenvalue weighted by Gasteiger charge is -1.95. The molecule has 0 atom stereocenters. The van der Waals surface area contributed by atoms with Crippen molar-refractivity contribution < 1.29 is 15.3 Å². The zero-order valence-electron chi connectivity index (χ0n) is 8.78. The Morgan fingerprint density at radius 1 is 0.706 bits per heavy atom. The first-order valence-corrected chi connectivity index (χ1v) is 5.57. The topological polar surface area (TPSA) is 60.7 Å². The Kier molecular flexibility index (Phi) is 5.06. The maximum absolute atomic E-state index is 8.86. The number of thiol groups is 2. The van der Waals surface area contributed by atoms with Gasteiger partial charge in [-0.3, -0.25) is 0 Å². The van der Waals surface area contributed by atoms with Gasteiger partial charge in [0.05, 0.1) is 0 Å². The monoisotopic (exact) mass is 268 g/mol. The summed E-state index contributed by atoms with van der Waals surface area (Å²) in [5.74, 6) is 0.469. The van der Waals surface area contributed by atoms with Gasteiger partial charge in [0.1, 0.15) is 17.2 Å². The van der Waals surface area contributed by atoms with Crippen LogP contribution in [0.15, 0.2) is 52.3 Å². The average molecular weight is 268 g/mol. The summed E-state index contributed by atoms with van der Waals surface area (Å²) < 4.78 is 0. The molecule has 0 heterocycles. The molecule has 17 heavy (non-hydrogen) atoms. The number of hydrogen-bond donors (Lipinski definition) is 5. The molecule has 0 bridgehead atoms. The molecule has 0 fully saturated rings. The van der Waals surface area contributed by atoms with E-state index in [0.717, 1.165) is 4.90 Å². The third kappa shape index (κ3) is 4.93. The van der Waals surface area contributed by atoms with Crippen molar-refractivity contribution in [3.8, 4) is 17.2 Å². The van der Waals surface area contributed by atoms with Gasteiger partial charge in [0.15, 0.2) is 0 Å². The van der Waals surface area contributed by atoms with E-state index in [9.17, 15) is 0 Å². The Hall–Kier alpha value is -1.46. The highest BCUT2D eigenvalue weighted by atomic mass is 32.1. The summed E-state index contributed by atoms with van der Waals surface area (Å²) in [7, 11) is 0. The maximum atomic E-state index is 8.86. The highest BCUT2D eigenvalue weighted by Crippen LogP contribution is 2.24. The molecule has 0 radical (unpaired) electrons. The number of phenols is 3. The van der Waals surface area contributed by atoms with Crippen molar-refractivity contribution in [3.05, 3.63) is 42.5 Å². The highest BCUT2D eigenvalue weighted by Gasteiger charge is 1.94. The summed E-state index contributed by atoms with van der Waals surface area (Å²) in [6, 6.07) is 10.8. The first-order valence-electron chi connectivity index (χ1n) is 4.68. The summed E-state index contributed by atoms with van der Waals surface area (Å²) in [6.45, 7) is 0. The SMILES string of the molecule is Oc1ccc(O)c(S)c1.Oc1ccc(S)cc1. The second kappa shape index (κ2) is 6.32. The van der Waals surface area contributed by atoms with Crippen molar-refractivity contribution in [3.63, 3.8) is 0 Å². The Morgan fingerprint density at radius 3 is 1.65 bits per heavy atom. The van der Waals surface area contributed by atoms with E-state index in [1.165, 1.54) is 18.2 Å². The minimum atomic E-state index is 0.0798. The van der Waals surface area contributed by atoms with Crippen molar-refractivity contribution in [2.24, 2.45) is 0 Å². The number of hydrogen-bond acceptors (Lipinski definition) is 5. The second-order valence-corrected chi connectivity index (χ2v) is 4.19. The van der Waals surface area contributed by atoms with Crippen LogP contribution in [0.3, 0.4) is 0 Å². The minimum absolute atomic E-state index is 0.0798. The molecule has 5 heteroatoms. The zero-order chi connectivity index (χ0) is 12.8.